The average molecular weight is 333 g/mol. The number of hydrogen-bond acceptors (Lipinski definition) is 2. The van der Waals surface area contributed by atoms with Crippen molar-refractivity contribution in [2.24, 2.45) is 0 Å². The number of halogens is 1. The Bertz CT molecular complexity index is 647. The van der Waals surface area contributed by atoms with Crippen LogP contribution in [0.1, 0.15) is 25.3 Å². The lowest BCUT2D eigenvalue weighted by atomic mass is 10.0. The summed E-state index contributed by atoms with van der Waals surface area (Å²) in [6.07, 6.45) is 2.58. The van der Waals surface area contributed by atoms with Gasteiger partial charge in [-0.3, -0.25) is 4.79 Å². The molecule has 23 heavy (non-hydrogen) atoms. The fourth-order valence-corrected chi connectivity index (χ4v) is 3.37. The molecule has 0 saturated carbocycles. The second kappa shape index (κ2) is 8.32. The molecule has 1 saturated heterocycles. The third kappa shape index (κ3) is 4.04. The zero-order chi connectivity index (χ0) is 15.4. The van der Waals surface area contributed by atoms with E-state index >= 15 is 0 Å². The Balaban J connectivity index is 0.00000192. The van der Waals surface area contributed by atoms with Crippen LogP contribution in [0.4, 0.5) is 0 Å². The lowest BCUT2D eigenvalue weighted by Gasteiger charge is -2.28. The highest BCUT2D eigenvalue weighted by Crippen LogP contribution is 2.20. The molecule has 0 spiro atoms. The zero-order valence-electron chi connectivity index (χ0n) is 13.6. The normalized spacial score (nSPS) is 17.0. The molecule has 2 aromatic carbocycles. The Kier molecular flexibility index (Phi) is 6.43. The summed E-state index contributed by atoms with van der Waals surface area (Å²) < 4.78 is 0. The molecule has 0 bridgehead atoms. The first-order chi connectivity index (χ1) is 10.8. The van der Waals surface area contributed by atoms with Crippen LogP contribution < -0.4 is 5.32 Å². The molecule has 1 atom stereocenters. The van der Waals surface area contributed by atoms with Crippen molar-refractivity contribution in [2.45, 2.75) is 32.2 Å². The van der Waals surface area contributed by atoms with Crippen LogP contribution in [-0.4, -0.2) is 36.5 Å². The molecule has 1 aliphatic rings. The van der Waals surface area contributed by atoms with Crippen LogP contribution in [0, 0.1) is 0 Å². The summed E-state index contributed by atoms with van der Waals surface area (Å²) in [6.45, 7) is 4.95. The molecule has 0 aliphatic carbocycles. The number of hydrogen-bond donors (Lipinski definition) is 1. The van der Waals surface area contributed by atoms with Crippen LogP contribution in [0.5, 0.6) is 0 Å². The topological polar surface area (TPSA) is 32.3 Å². The Labute approximate surface area is 144 Å². The van der Waals surface area contributed by atoms with E-state index in [1.54, 1.807) is 0 Å². The summed E-state index contributed by atoms with van der Waals surface area (Å²) in [7, 11) is 0. The number of rotatable bonds is 5. The van der Waals surface area contributed by atoms with Gasteiger partial charge in [0.15, 0.2) is 0 Å². The van der Waals surface area contributed by atoms with Gasteiger partial charge >= 0.3 is 0 Å². The molecule has 0 aromatic heterocycles. The van der Waals surface area contributed by atoms with E-state index in [9.17, 15) is 4.79 Å². The minimum absolute atomic E-state index is 0. The first-order valence-corrected chi connectivity index (χ1v) is 8.26. The minimum atomic E-state index is 0. The van der Waals surface area contributed by atoms with Gasteiger partial charge < -0.3 is 10.2 Å². The predicted molar refractivity (Wildman–Crippen MR) is 98.2 cm³/mol. The van der Waals surface area contributed by atoms with E-state index in [1.807, 2.05) is 18.2 Å². The molecule has 2 aromatic rings. The van der Waals surface area contributed by atoms with Crippen molar-refractivity contribution in [3.63, 3.8) is 0 Å². The fourth-order valence-electron chi connectivity index (χ4n) is 3.37. The van der Waals surface area contributed by atoms with Crippen LogP contribution in [0.2, 0.25) is 0 Å². The number of benzene rings is 2. The van der Waals surface area contributed by atoms with Gasteiger partial charge in [-0.25, -0.2) is 0 Å². The van der Waals surface area contributed by atoms with Crippen molar-refractivity contribution < 1.29 is 4.79 Å². The van der Waals surface area contributed by atoms with E-state index in [1.165, 1.54) is 10.8 Å². The van der Waals surface area contributed by atoms with E-state index in [2.05, 4.69) is 41.4 Å². The van der Waals surface area contributed by atoms with Gasteiger partial charge in [-0.05, 0) is 35.7 Å². The second-order valence-electron chi connectivity index (χ2n) is 6.05. The van der Waals surface area contributed by atoms with Gasteiger partial charge in [0.2, 0.25) is 5.91 Å². The van der Waals surface area contributed by atoms with Crippen LogP contribution in [-0.2, 0) is 11.2 Å². The summed E-state index contributed by atoms with van der Waals surface area (Å²) in [5.74, 6) is 0.256. The van der Waals surface area contributed by atoms with Crippen molar-refractivity contribution in [3.8, 4) is 0 Å². The van der Waals surface area contributed by atoms with E-state index in [0.717, 1.165) is 38.0 Å². The van der Waals surface area contributed by atoms with Gasteiger partial charge in [0, 0.05) is 19.1 Å². The van der Waals surface area contributed by atoms with Crippen molar-refractivity contribution in [1.29, 1.82) is 0 Å². The fraction of sp³-hybridized carbons (Fsp3) is 0.421. The number of nitrogens with zero attached hydrogens (tertiary/aromatic N) is 1. The van der Waals surface area contributed by atoms with Gasteiger partial charge in [-0.2, -0.15) is 0 Å². The van der Waals surface area contributed by atoms with Gasteiger partial charge in [-0.1, -0.05) is 49.4 Å². The summed E-state index contributed by atoms with van der Waals surface area (Å²) in [5.41, 5.74) is 1.13. The highest BCUT2D eigenvalue weighted by molar-refractivity contribution is 5.90. The molecule has 1 heterocycles. The zero-order valence-corrected chi connectivity index (χ0v) is 14.4. The first-order valence-electron chi connectivity index (χ1n) is 8.26. The second-order valence-corrected chi connectivity index (χ2v) is 6.05. The first kappa shape index (κ1) is 17.8. The summed E-state index contributed by atoms with van der Waals surface area (Å²) in [5, 5.41) is 5.77. The van der Waals surface area contributed by atoms with Crippen molar-refractivity contribution >= 4 is 29.1 Å². The van der Waals surface area contributed by atoms with E-state index in [-0.39, 0.29) is 18.3 Å². The SMILES string of the molecule is CCCN(C(=O)Cc1cccc2ccccc12)C1CCNC1.Cl. The monoisotopic (exact) mass is 332 g/mol. The highest BCUT2D eigenvalue weighted by atomic mass is 35.5. The van der Waals surface area contributed by atoms with E-state index < -0.39 is 0 Å². The summed E-state index contributed by atoms with van der Waals surface area (Å²) in [4.78, 5) is 14.9. The Morgan fingerprint density at radius 1 is 1.22 bits per heavy atom. The van der Waals surface area contributed by atoms with E-state index in [0.29, 0.717) is 12.5 Å². The molecule has 1 unspecified atom stereocenters. The highest BCUT2D eigenvalue weighted by Gasteiger charge is 2.25. The van der Waals surface area contributed by atoms with Crippen LogP contribution in [0.25, 0.3) is 10.8 Å². The average Bonchev–Trinajstić information content (AvgIpc) is 3.07. The molecular formula is C19H25ClN2O. The third-order valence-corrected chi connectivity index (χ3v) is 4.48. The Morgan fingerprint density at radius 2 is 2.00 bits per heavy atom. The maximum Gasteiger partial charge on any atom is 0.227 e. The van der Waals surface area contributed by atoms with Crippen molar-refractivity contribution in [2.75, 3.05) is 19.6 Å². The predicted octanol–water partition coefficient (Wildman–Crippen LogP) is 3.40. The van der Waals surface area contributed by atoms with E-state index in [4.69, 9.17) is 0 Å². The van der Waals surface area contributed by atoms with Crippen LogP contribution >= 0.6 is 12.4 Å². The van der Waals surface area contributed by atoms with Crippen molar-refractivity contribution in [1.82, 2.24) is 10.2 Å². The standard InChI is InChI=1S/C19H24N2O.ClH/c1-2-12-21(17-10-11-20-14-17)19(22)13-16-8-5-7-15-6-3-4-9-18(15)16;/h3-9,17,20H,2,10-14H2,1H3;1H. The number of amides is 1. The van der Waals surface area contributed by atoms with Crippen molar-refractivity contribution in [3.05, 3.63) is 48.0 Å². The molecule has 4 heteroatoms. The lowest BCUT2D eigenvalue weighted by Crippen LogP contribution is -2.42. The maximum absolute atomic E-state index is 12.8. The lowest BCUT2D eigenvalue weighted by molar-refractivity contribution is -0.132. The Hall–Kier alpha value is -1.58. The summed E-state index contributed by atoms with van der Waals surface area (Å²) >= 11 is 0. The minimum Gasteiger partial charge on any atom is -0.338 e. The van der Waals surface area contributed by atoms with Crippen LogP contribution in [0.15, 0.2) is 42.5 Å². The van der Waals surface area contributed by atoms with Gasteiger partial charge in [0.05, 0.1) is 6.42 Å². The number of carbonyl (C=O) groups excluding carboxylic acids is 1. The molecule has 1 amide bonds. The van der Waals surface area contributed by atoms with Gasteiger partial charge in [-0.15, -0.1) is 12.4 Å². The largest absolute Gasteiger partial charge is 0.338 e. The van der Waals surface area contributed by atoms with Gasteiger partial charge in [0.1, 0.15) is 0 Å². The van der Waals surface area contributed by atoms with Gasteiger partial charge in [0.25, 0.3) is 0 Å². The number of carbonyl (C=O) groups is 1. The number of nitrogens with one attached hydrogen (secondary N) is 1. The van der Waals surface area contributed by atoms with Crippen LogP contribution in [0.3, 0.4) is 0 Å². The molecular weight excluding hydrogens is 308 g/mol. The quantitative estimate of drug-likeness (QED) is 0.910. The third-order valence-electron chi connectivity index (χ3n) is 4.48. The number of fused-ring (bicyclic) bond motifs is 1. The maximum atomic E-state index is 12.8. The molecule has 0 radical (unpaired) electrons. The Morgan fingerprint density at radius 3 is 2.74 bits per heavy atom. The molecule has 124 valence electrons. The smallest absolute Gasteiger partial charge is 0.227 e. The molecule has 1 aliphatic heterocycles. The molecule has 3 nitrogen and oxygen atoms in total. The molecule has 1 N–H and O–H groups in total. The molecule has 3 rings (SSSR count). The molecule has 1 fully saturated rings. The summed E-state index contributed by atoms with van der Waals surface area (Å²) in [6, 6.07) is 14.9.